The van der Waals surface area contributed by atoms with Gasteiger partial charge in [0.25, 0.3) is 0 Å². The normalized spacial score (nSPS) is 10.8. The van der Waals surface area contributed by atoms with Gasteiger partial charge in [0.15, 0.2) is 5.43 Å². The smallest absolute Gasteiger partial charge is 0.197 e. The molecular formula is C15H12ClN3O2. The molecule has 0 amide bonds. The van der Waals surface area contributed by atoms with E-state index in [0.717, 1.165) is 5.69 Å². The molecule has 0 atom stereocenters. The Labute approximate surface area is 125 Å². The molecule has 1 aromatic carbocycles. The highest BCUT2D eigenvalue weighted by atomic mass is 35.5. The zero-order valence-corrected chi connectivity index (χ0v) is 12.2. The Morgan fingerprint density at radius 1 is 1.24 bits per heavy atom. The summed E-state index contributed by atoms with van der Waals surface area (Å²) in [5.41, 5.74) is 2.53. The lowest BCUT2D eigenvalue weighted by molar-refractivity contribution is 0.415. The molecule has 3 rings (SSSR count). The third kappa shape index (κ3) is 2.25. The highest BCUT2D eigenvalue weighted by Crippen LogP contribution is 2.29. The van der Waals surface area contributed by atoms with Crippen LogP contribution < -0.4 is 10.2 Å². The van der Waals surface area contributed by atoms with Crippen LogP contribution in [-0.4, -0.2) is 22.1 Å². The van der Waals surface area contributed by atoms with Crippen LogP contribution in [0.1, 0.15) is 5.69 Å². The van der Waals surface area contributed by atoms with Crippen LogP contribution in [0.2, 0.25) is 5.02 Å². The Kier molecular flexibility index (Phi) is 3.35. The maximum atomic E-state index is 12.7. The number of benzene rings is 1. The number of ether oxygens (including phenoxy) is 1. The fraction of sp³-hybridized carbons (Fsp3) is 0.133. The molecule has 2 heterocycles. The SMILES string of the molecule is COc1cc2[nH]c(C)c(-c3cncnc3)c(=O)c2cc1Cl. The van der Waals surface area contributed by atoms with Gasteiger partial charge in [0.1, 0.15) is 12.1 Å². The molecule has 3 aromatic rings. The molecule has 106 valence electrons. The number of pyridine rings is 1. The number of hydrogen-bond donors (Lipinski definition) is 1. The van der Waals surface area contributed by atoms with Gasteiger partial charge in [-0.2, -0.15) is 0 Å². The van der Waals surface area contributed by atoms with Crippen LogP contribution in [0.25, 0.3) is 22.0 Å². The third-order valence-electron chi connectivity index (χ3n) is 3.31. The fourth-order valence-electron chi connectivity index (χ4n) is 2.35. The van der Waals surface area contributed by atoms with Crippen LogP contribution in [0.5, 0.6) is 5.75 Å². The quantitative estimate of drug-likeness (QED) is 0.790. The van der Waals surface area contributed by atoms with Crippen LogP contribution in [0.15, 0.2) is 35.6 Å². The summed E-state index contributed by atoms with van der Waals surface area (Å²) in [5, 5.41) is 0.903. The molecule has 0 fully saturated rings. The first-order valence-electron chi connectivity index (χ1n) is 6.27. The van der Waals surface area contributed by atoms with Gasteiger partial charge in [-0.3, -0.25) is 4.79 Å². The maximum absolute atomic E-state index is 12.7. The van der Waals surface area contributed by atoms with Crippen molar-refractivity contribution in [2.75, 3.05) is 7.11 Å². The second-order valence-electron chi connectivity index (χ2n) is 4.61. The lowest BCUT2D eigenvalue weighted by atomic mass is 10.0. The van der Waals surface area contributed by atoms with Gasteiger partial charge in [-0.15, -0.1) is 0 Å². The van der Waals surface area contributed by atoms with Crippen molar-refractivity contribution in [1.29, 1.82) is 0 Å². The van der Waals surface area contributed by atoms with E-state index in [2.05, 4.69) is 15.0 Å². The van der Waals surface area contributed by atoms with Crippen molar-refractivity contribution in [1.82, 2.24) is 15.0 Å². The molecule has 0 saturated carbocycles. The minimum absolute atomic E-state index is 0.111. The number of hydrogen-bond acceptors (Lipinski definition) is 4. The van der Waals surface area contributed by atoms with E-state index in [-0.39, 0.29) is 5.43 Å². The number of rotatable bonds is 2. The van der Waals surface area contributed by atoms with Crippen molar-refractivity contribution in [2.24, 2.45) is 0 Å². The van der Waals surface area contributed by atoms with Gasteiger partial charge in [-0.1, -0.05) is 11.6 Å². The van der Waals surface area contributed by atoms with Crippen LogP contribution in [-0.2, 0) is 0 Å². The van der Waals surface area contributed by atoms with Crippen molar-refractivity contribution in [3.8, 4) is 16.9 Å². The van der Waals surface area contributed by atoms with Crippen LogP contribution in [0.4, 0.5) is 0 Å². The van der Waals surface area contributed by atoms with E-state index in [1.54, 1.807) is 24.5 Å². The van der Waals surface area contributed by atoms with Gasteiger partial charge in [-0.05, 0) is 13.0 Å². The van der Waals surface area contributed by atoms with Crippen LogP contribution >= 0.6 is 11.6 Å². The number of nitrogens with zero attached hydrogens (tertiary/aromatic N) is 2. The molecule has 0 spiro atoms. The van der Waals surface area contributed by atoms with Crippen LogP contribution in [0, 0.1) is 6.92 Å². The number of aromatic amines is 1. The molecule has 0 aliphatic rings. The molecule has 5 nitrogen and oxygen atoms in total. The van der Waals surface area contributed by atoms with Gasteiger partial charge in [0.2, 0.25) is 0 Å². The lowest BCUT2D eigenvalue weighted by Gasteiger charge is -2.10. The molecule has 0 aliphatic carbocycles. The zero-order chi connectivity index (χ0) is 15.0. The Bertz CT molecular complexity index is 875. The second-order valence-corrected chi connectivity index (χ2v) is 5.02. The average Bonchev–Trinajstić information content (AvgIpc) is 2.49. The van der Waals surface area contributed by atoms with Crippen molar-refractivity contribution in [3.05, 3.63) is 51.8 Å². The minimum Gasteiger partial charge on any atom is -0.495 e. The van der Waals surface area contributed by atoms with Gasteiger partial charge in [0, 0.05) is 35.1 Å². The maximum Gasteiger partial charge on any atom is 0.197 e. The first-order valence-corrected chi connectivity index (χ1v) is 6.65. The summed E-state index contributed by atoms with van der Waals surface area (Å²) in [4.78, 5) is 23.8. The fourth-order valence-corrected chi connectivity index (χ4v) is 2.59. The van der Waals surface area contributed by atoms with Crippen molar-refractivity contribution in [2.45, 2.75) is 6.92 Å². The van der Waals surface area contributed by atoms with Crippen molar-refractivity contribution in [3.63, 3.8) is 0 Å². The number of fused-ring (bicyclic) bond motifs is 1. The molecule has 21 heavy (non-hydrogen) atoms. The van der Waals surface area contributed by atoms with E-state index < -0.39 is 0 Å². The summed E-state index contributed by atoms with van der Waals surface area (Å²) in [6, 6.07) is 3.33. The number of aryl methyl sites for hydroxylation is 1. The molecular weight excluding hydrogens is 290 g/mol. The predicted molar refractivity (Wildman–Crippen MR) is 81.9 cm³/mol. The monoisotopic (exact) mass is 301 g/mol. The largest absolute Gasteiger partial charge is 0.495 e. The highest BCUT2D eigenvalue weighted by Gasteiger charge is 2.14. The summed E-state index contributed by atoms with van der Waals surface area (Å²) in [7, 11) is 1.54. The van der Waals surface area contributed by atoms with Gasteiger partial charge < -0.3 is 9.72 Å². The number of H-pyrrole nitrogens is 1. The number of aromatic nitrogens is 3. The van der Waals surface area contributed by atoms with E-state index in [9.17, 15) is 4.79 Å². The molecule has 1 N–H and O–H groups in total. The minimum atomic E-state index is -0.111. The first kappa shape index (κ1) is 13.6. The van der Waals surface area contributed by atoms with Crippen LogP contribution in [0.3, 0.4) is 0 Å². The van der Waals surface area contributed by atoms with Crippen molar-refractivity contribution < 1.29 is 4.74 Å². The van der Waals surface area contributed by atoms with E-state index in [1.165, 1.54) is 13.4 Å². The topological polar surface area (TPSA) is 67.9 Å². The summed E-state index contributed by atoms with van der Waals surface area (Å²) < 4.78 is 5.17. The molecule has 0 bridgehead atoms. The van der Waals surface area contributed by atoms with E-state index in [1.807, 2.05) is 6.92 Å². The summed E-state index contributed by atoms with van der Waals surface area (Å²) in [6.07, 6.45) is 4.65. The number of methoxy groups -OCH3 is 1. The van der Waals surface area contributed by atoms with E-state index in [0.29, 0.717) is 32.8 Å². The van der Waals surface area contributed by atoms with Gasteiger partial charge in [-0.25, -0.2) is 9.97 Å². The third-order valence-corrected chi connectivity index (χ3v) is 3.61. The number of halogens is 1. The zero-order valence-electron chi connectivity index (χ0n) is 11.5. The standard InChI is InChI=1S/C15H12ClN3O2/c1-8-14(9-5-17-7-18-6-9)15(20)10-3-11(16)13(21-2)4-12(10)19-8/h3-7H,1-2H3,(H,19,20). The molecule has 0 unspecified atom stereocenters. The van der Waals surface area contributed by atoms with Gasteiger partial charge in [0.05, 0.1) is 23.2 Å². The molecule has 0 saturated heterocycles. The predicted octanol–water partition coefficient (Wildman–Crippen LogP) is 2.96. The summed E-state index contributed by atoms with van der Waals surface area (Å²) >= 11 is 6.11. The summed E-state index contributed by atoms with van der Waals surface area (Å²) in [6.45, 7) is 1.84. The molecule has 2 aromatic heterocycles. The van der Waals surface area contributed by atoms with Gasteiger partial charge >= 0.3 is 0 Å². The first-order chi connectivity index (χ1) is 10.1. The second kappa shape index (κ2) is 5.18. The Balaban J connectivity index is 2.37. The number of nitrogens with one attached hydrogen (secondary N) is 1. The Morgan fingerprint density at radius 2 is 1.95 bits per heavy atom. The highest BCUT2D eigenvalue weighted by molar-refractivity contribution is 6.32. The van der Waals surface area contributed by atoms with Crippen molar-refractivity contribution >= 4 is 22.5 Å². The Morgan fingerprint density at radius 3 is 2.62 bits per heavy atom. The molecule has 0 radical (unpaired) electrons. The van der Waals surface area contributed by atoms with E-state index in [4.69, 9.17) is 16.3 Å². The molecule has 0 aliphatic heterocycles. The van der Waals surface area contributed by atoms with E-state index >= 15 is 0 Å². The average molecular weight is 302 g/mol. The Hall–Kier alpha value is -2.40. The molecule has 6 heteroatoms. The lowest BCUT2D eigenvalue weighted by Crippen LogP contribution is -2.10. The summed E-state index contributed by atoms with van der Waals surface area (Å²) in [5.74, 6) is 0.523.